The monoisotopic (exact) mass is 238 g/mol. The lowest BCUT2D eigenvalue weighted by atomic mass is 10.2. The first kappa shape index (κ1) is 13.6. The maximum atomic E-state index is 10.9. The molecule has 1 atom stereocenters. The molecule has 17 heavy (non-hydrogen) atoms. The van der Waals surface area contributed by atoms with Crippen LogP contribution in [0.3, 0.4) is 0 Å². The van der Waals surface area contributed by atoms with Crippen molar-refractivity contribution in [3.63, 3.8) is 0 Å². The quantitative estimate of drug-likeness (QED) is 0.768. The summed E-state index contributed by atoms with van der Waals surface area (Å²) in [6, 6.07) is 3.82. The number of carboxylic acids is 1. The average molecular weight is 238 g/mol. The molecule has 0 aliphatic heterocycles. The summed E-state index contributed by atoms with van der Waals surface area (Å²) in [5.41, 5.74) is 1.05. The van der Waals surface area contributed by atoms with Crippen LogP contribution in [0, 0.1) is 0 Å². The molecule has 0 amide bonds. The van der Waals surface area contributed by atoms with E-state index >= 15 is 0 Å². The van der Waals surface area contributed by atoms with Crippen LogP contribution in [0.2, 0.25) is 0 Å². The second-order valence-corrected chi connectivity index (χ2v) is 3.84. The van der Waals surface area contributed by atoms with Crippen molar-refractivity contribution in [3.05, 3.63) is 30.1 Å². The van der Waals surface area contributed by atoms with Gasteiger partial charge in [0, 0.05) is 32.1 Å². The molecule has 1 rings (SSSR count). The molecule has 0 spiro atoms. The normalized spacial score (nSPS) is 12.6. The fourth-order valence-electron chi connectivity index (χ4n) is 1.55. The molecule has 1 heterocycles. The zero-order valence-electron chi connectivity index (χ0n) is 10.2. The molecule has 0 saturated heterocycles. The summed E-state index contributed by atoms with van der Waals surface area (Å²) < 4.78 is 5.15. The van der Waals surface area contributed by atoms with Crippen LogP contribution in [-0.2, 0) is 16.1 Å². The van der Waals surface area contributed by atoms with Gasteiger partial charge in [-0.2, -0.15) is 0 Å². The number of carbonyl (C=O) groups is 1. The third-order valence-electron chi connectivity index (χ3n) is 2.30. The Morgan fingerprint density at radius 3 is 2.94 bits per heavy atom. The predicted octanol–water partition coefficient (Wildman–Crippen LogP) is 1.00. The molecule has 5 nitrogen and oxygen atoms in total. The number of hydrogen-bond acceptors (Lipinski definition) is 4. The number of nitrogens with zero attached hydrogens (tertiary/aromatic N) is 2. The molecule has 0 aliphatic rings. The smallest absolute Gasteiger partial charge is 0.334 e. The first-order valence-corrected chi connectivity index (χ1v) is 5.55. The van der Waals surface area contributed by atoms with Gasteiger partial charge in [0.25, 0.3) is 0 Å². The van der Waals surface area contributed by atoms with Crippen molar-refractivity contribution in [2.45, 2.75) is 19.6 Å². The maximum absolute atomic E-state index is 10.9. The van der Waals surface area contributed by atoms with Gasteiger partial charge in [-0.15, -0.1) is 0 Å². The Morgan fingerprint density at radius 1 is 1.65 bits per heavy atom. The van der Waals surface area contributed by atoms with Crippen molar-refractivity contribution in [1.29, 1.82) is 0 Å². The zero-order valence-corrected chi connectivity index (χ0v) is 10.2. The van der Waals surface area contributed by atoms with E-state index < -0.39 is 12.1 Å². The molecule has 1 aromatic heterocycles. The highest BCUT2D eigenvalue weighted by molar-refractivity contribution is 5.72. The van der Waals surface area contributed by atoms with Gasteiger partial charge in [0.1, 0.15) is 0 Å². The number of ether oxygens (including phenoxy) is 1. The Morgan fingerprint density at radius 2 is 2.41 bits per heavy atom. The standard InChI is InChI=1S/C12H18N2O3/c1-3-17-11(12(15)16)9-14(2)8-10-5-4-6-13-7-10/h4-7,11H,3,8-9H2,1-2H3,(H,15,16). The number of rotatable bonds is 7. The van der Waals surface area contributed by atoms with Gasteiger partial charge in [-0.05, 0) is 25.6 Å². The van der Waals surface area contributed by atoms with Crippen molar-refractivity contribution >= 4 is 5.97 Å². The molecule has 0 aliphatic carbocycles. The minimum absolute atomic E-state index is 0.359. The summed E-state index contributed by atoms with van der Waals surface area (Å²) in [5, 5.41) is 8.96. The molecule has 0 aromatic carbocycles. The fourth-order valence-corrected chi connectivity index (χ4v) is 1.55. The second kappa shape index (κ2) is 6.98. The van der Waals surface area contributed by atoms with E-state index in [2.05, 4.69) is 4.98 Å². The number of likely N-dealkylation sites (N-methyl/N-ethyl adjacent to an activating group) is 1. The highest BCUT2D eigenvalue weighted by Crippen LogP contribution is 2.03. The molecule has 0 radical (unpaired) electrons. The highest BCUT2D eigenvalue weighted by Gasteiger charge is 2.19. The van der Waals surface area contributed by atoms with E-state index in [0.717, 1.165) is 5.56 Å². The van der Waals surface area contributed by atoms with Gasteiger partial charge in [-0.3, -0.25) is 9.88 Å². The van der Waals surface area contributed by atoms with Crippen LogP contribution in [0.25, 0.3) is 0 Å². The Labute approximate surface area is 101 Å². The molecule has 0 bridgehead atoms. The first-order valence-electron chi connectivity index (χ1n) is 5.55. The molecule has 5 heteroatoms. The van der Waals surface area contributed by atoms with Crippen LogP contribution in [0.1, 0.15) is 12.5 Å². The lowest BCUT2D eigenvalue weighted by Gasteiger charge is -2.21. The lowest BCUT2D eigenvalue weighted by molar-refractivity contribution is -0.151. The Balaban J connectivity index is 2.47. The molecule has 0 fully saturated rings. The third-order valence-corrected chi connectivity index (χ3v) is 2.30. The third kappa shape index (κ3) is 4.93. The Kier molecular flexibility index (Phi) is 5.59. The van der Waals surface area contributed by atoms with Crippen molar-refractivity contribution in [2.24, 2.45) is 0 Å². The minimum Gasteiger partial charge on any atom is -0.479 e. The number of hydrogen-bond donors (Lipinski definition) is 1. The number of carboxylic acid groups (broad SMARTS) is 1. The van der Waals surface area contributed by atoms with Crippen LogP contribution in [0.15, 0.2) is 24.5 Å². The second-order valence-electron chi connectivity index (χ2n) is 3.84. The Bertz CT molecular complexity index is 343. The van der Waals surface area contributed by atoms with E-state index in [-0.39, 0.29) is 0 Å². The van der Waals surface area contributed by atoms with E-state index in [9.17, 15) is 4.79 Å². The maximum Gasteiger partial charge on any atom is 0.334 e. The summed E-state index contributed by atoms with van der Waals surface area (Å²) in [6.45, 7) is 3.21. The molecule has 1 unspecified atom stereocenters. The summed E-state index contributed by atoms with van der Waals surface area (Å²) in [4.78, 5) is 16.8. The predicted molar refractivity (Wildman–Crippen MR) is 63.6 cm³/mol. The highest BCUT2D eigenvalue weighted by atomic mass is 16.5. The number of aromatic nitrogens is 1. The zero-order chi connectivity index (χ0) is 12.7. The lowest BCUT2D eigenvalue weighted by Crippen LogP contribution is -2.36. The van der Waals surface area contributed by atoms with Gasteiger partial charge in [0.2, 0.25) is 0 Å². The number of aliphatic carboxylic acids is 1. The van der Waals surface area contributed by atoms with Gasteiger partial charge in [0.05, 0.1) is 0 Å². The van der Waals surface area contributed by atoms with Gasteiger partial charge < -0.3 is 9.84 Å². The van der Waals surface area contributed by atoms with Crippen LogP contribution in [0.4, 0.5) is 0 Å². The summed E-state index contributed by atoms with van der Waals surface area (Å²) in [7, 11) is 1.86. The van der Waals surface area contributed by atoms with E-state index in [0.29, 0.717) is 19.7 Å². The fraction of sp³-hybridized carbons (Fsp3) is 0.500. The van der Waals surface area contributed by atoms with Crippen molar-refractivity contribution in [2.75, 3.05) is 20.2 Å². The van der Waals surface area contributed by atoms with Gasteiger partial charge in [0.15, 0.2) is 6.10 Å². The van der Waals surface area contributed by atoms with Gasteiger partial charge in [-0.1, -0.05) is 6.07 Å². The summed E-state index contributed by atoms with van der Waals surface area (Å²) in [5.74, 6) is -0.926. The minimum atomic E-state index is -0.926. The molecule has 0 saturated carbocycles. The SMILES string of the molecule is CCOC(CN(C)Cc1cccnc1)C(=O)O. The molecular formula is C12H18N2O3. The molecule has 94 valence electrons. The van der Waals surface area contributed by atoms with E-state index in [1.165, 1.54) is 0 Å². The Hall–Kier alpha value is -1.46. The first-order chi connectivity index (χ1) is 8.13. The van der Waals surface area contributed by atoms with Crippen LogP contribution >= 0.6 is 0 Å². The molecule has 1 N–H and O–H groups in total. The van der Waals surface area contributed by atoms with Crippen LogP contribution < -0.4 is 0 Å². The summed E-state index contributed by atoms with van der Waals surface area (Å²) >= 11 is 0. The average Bonchev–Trinajstić information content (AvgIpc) is 2.29. The summed E-state index contributed by atoms with van der Waals surface area (Å²) in [6.07, 6.45) is 2.71. The number of pyridine rings is 1. The van der Waals surface area contributed by atoms with Crippen molar-refractivity contribution in [1.82, 2.24) is 9.88 Å². The largest absolute Gasteiger partial charge is 0.479 e. The molecular weight excluding hydrogens is 220 g/mol. The topological polar surface area (TPSA) is 62.7 Å². The van der Waals surface area contributed by atoms with Gasteiger partial charge >= 0.3 is 5.97 Å². The van der Waals surface area contributed by atoms with E-state index in [1.54, 1.807) is 19.3 Å². The molecule has 1 aromatic rings. The van der Waals surface area contributed by atoms with Crippen molar-refractivity contribution < 1.29 is 14.6 Å². The van der Waals surface area contributed by atoms with E-state index in [4.69, 9.17) is 9.84 Å². The van der Waals surface area contributed by atoms with Crippen molar-refractivity contribution in [3.8, 4) is 0 Å². The van der Waals surface area contributed by atoms with E-state index in [1.807, 2.05) is 24.1 Å². The van der Waals surface area contributed by atoms with Gasteiger partial charge in [-0.25, -0.2) is 4.79 Å². The van der Waals surface area contributed by atoms with Crippen LogP contribution in [-0.4, -0.2) is 47.3 Å². The van der Waals surface area contributed by atoms with Crippen LogP contribution in [0.5, 0.6) is 0 Å².